The predicted octanol–water partition coefficient (Wildman–Crippen LogP) is 9.40. The summed E-state index contributed by atoms with van der Waals surface area (Å²) in [4.78, 5) is 49.2. The Bertz CT molecular complexity index is 2630. The van der Waals surface area contributed by atoms with E-state index >= 15 is 0 Å². The van der Waals surface area contributed by atoms with Gasteiger partial charge in [-0.25, -0.2) is 9.59 Å². The van der Waals surface area contributed by atoms with Gasteiger partial charge in [-0.15, -0.1) is 0 Å². The second-order valence-electron chi connectivity index (χ2n) is 18.2. The van der Waals surface area contributed by atoms with Crippen LogP contribution in [0.3, 0.4) is 0 Å². The summed E-state index contributed by atoms with van der Waals surface area (Å²) in [5.41, 5.74) is 31.6. The molecule has 0 saturated carbocycles. The summed E-state index contributed by atoms with van der Waals surface area (Å²) < 4.78 is 70.5. The zero-order valence-corrected chi connectivity index (χ0v) is 42.4. The maximum Gasteiger partial charge on any atom is 0.338 e. The molecule has 23 nitrogen and oxygen atoms in total. The Morgan fingerprint density at radius 2 is 0.908 bits per heavy atom. The SMILES string of the molecule is COC(=O)CCCCCO[C@H]1OC(C)C(N=[N+]=[N-])C(OCc2ccccc2)C1O[C@H]1OC(C)C(N=[N+]=[N-])C(O[C@H]2OC(C)C(N=[N+]=[N-])C(OC(=O)c3ccccc3)C2OC(=O)c2ccccc2)C1OCc1ccccc1. The van der Waals surface area contributed by atoms with E-state index in [4.69, 9.17) is 52.1 Å². The van der Waals surface area contributed by atoms with E-state index in [9.17, 15) is 31.0 Å². The molecule has 3 fully saturated rings. The van der Waals surface area contributed by atoms with Crippen LogP contribution in [0.25, 0.3) is 31.3 Å². The molecule has 0 aromatic heterocycles. The van der Waals surface area contributed by atoms with Gasteiger partial charge in [0.1, 0.15) is 30.5 Å². The first-order valence-electron chi connectivity index (χ1n) is 24.9. The van der Waals surface area contributed by atoms with Gasteiger partial charge in [0.2, 0.25) is 0 Å². The number of hydrogen-bond donors (Lipinski definition) is 0. The van der Waals surface area contributed by atoms with Crippen molar-refractivity contribution in [3.8, 4) is 0 Å². The first-order chi connectivity index (χ1) is 37.0. The number of azide groups is 3. The molecule has 3 aliphatic rings. The van der Waals surface area contributed by atoms with Crippen LogP contribution in [0.5, 0.6) is 0 Å². The molecule has 4 aromatic rings. The van der Waals surface area contributed by atoms with Gasteiger partial charge in [-0.1, -0.05) is 119 Å². The Labute approximate surface area is 438 Å². The molecule has 0 N–H and O–H groups in total. The van der Waals surface area contributed by atoms with Crippen molar-refractivity contribution in [2.24, 2.45) is 15.3 Å². The summed E-state index contributed by atoms with van der Waals surface area (Å²) in [6, 6.07) is 31.1. The molecule has 3 heterocycles. The van der Waals surface area contributed by atoms with Crippen LogP contribution in [0.4, 0.5) is 0 Å². The third-order valence-electron chi connectivity index (χ3n) is 13.0. The number of carbonyl (C=O) groups excluding carboxylic acids is 3. The Kier molecular flexibility index (Phi) is 21.4. The first kappa shape index (κ1) is 56.6. The fraction of sp³-hybridized carbons (Fsp3) is 0.491. The molecule has 3 saturated heterocycles. The molecule has 4 aromatic carbocycles. The number of carbonyl (C=O) groups is 3. The highest BCUT2D eigenvalue weighted by molar-refractivity contribution is 5.90. The molecule has 0 amide bonds. The lowest BCUT2D eigenvalue weighted by Crippen LogP contribution is -2.66. The lowest BCUT2D eigenvalue weighted by atomic mass is 9.94. The molecule has 23 heteroatoms. The normalized spacial score (nSPS) is 29.0. The van der Waals surface area contributed by atoms with Crippen LogP contribution in [-0.4, -0.2) is 124 Å². The minimum absolute atomic E-state index is 0.0590. The standard InChI is InChI=1S/C53H61N9O14/c1-32-40(57-60-54)43(68-30-35-20-10-5-11-21-35)47(51(70-32)67-29-19-9-18-28-39(63)66-4)76-52-46(69-31-36-22-12-6-13-23-36)44(41(58-61-55)33(2)71-52)75-53-48(74-50(65)38-26-16-8-17-27-38)45(42(59-62-56)34(3)72-53)73-49(64)37-24-14-7-15-25-37/h5-8,10-17,20-27,32-34,40-48,51-53H,9,18-19,28-31H2,1-4H3/t32?,33?,34?,40?,41?,42?,43?,44?,45?,46?,47?,48?,51-,52+,53+/m0/s1. The van der Waals surface area contributed by atoms with Crippen LogP contribution in [0, 0.1) is 0 Å². The van der Waals surface area contributed by atoms with Crippen molar-refractivity contribution in [1.82, 2.24) is 0 Å². The minimum atomic E-state index is -1.65. The number of methoxy groups -OCH3 is 1. The number of benzene rings is 4. The second kappa shape index (κ2) is 28.7. The average Bonchev–Trinajstić information content (AvgIpc) is 3.45. The van der Waals surface area contributed by atoms with E-state index in [2.05, 4.69) is 30.1 Å². The third kappa shape index (κ3) is 15.1. The van der Waals surface area contributed by atoms with Gasteiger partial charge in [-0.3, -0.25) is 4.79 Å². The van der Waals surface area contributed by atoms with Gasteiger partial charge < -0.3 is 52.1 Å². The van der Waals surface area contributed by atoms with Crippen molar-refractivity contribution in [3.05, 3.63) is 175 Å². The molecular formula is C53H61N9O14. The maximum absolute atomic E-state index is 14.1. The lowest BCUT2D eigenvalue weighted by molar-refractivity contribution is -0.368. The number of unbranched alkanes of at least 4 members (excludes halogenated alkanes) is 2. The topological polar surface area (TPSA) is 299 Å². The fourth-order valence-electron chi connectivity index (χ4n) is 9.12. The van der Waals surface area contributed by atoms with E-state index in [-0.39, 0.29) is 43.3 Å². The zero-order valence-electron chi connectivity index (χ0n) is 42.4. The quantitative estimate of drug-likeness (QED) is 0.0158. The summed E-state index contributed by atoms with van der Waals surface area (Å²) in [5, 5.41) is 12.2. The van der Waals surface area contributed by atoms with Gasteiger partial charge >= 0.3 is 17.9 Å². The summed E-state index contributed by atoms with van der Waals surface area (Å²) >= 11 is 0. The molecule has 0 spiro atoms. The predicted molar refractivity (Wildman–Crippen MR) is 269 cm³/mol. The van der Waals surface area contributed by atoms with Crippen LogP contribution in [-0.2, 0) is 70.1 Å². The molecule has 7 rings (SSSR count). The number of nitrogens with zero attached hydrogens (tertiary/aromatic N) is 9. The molecule has 15 atom stereocenters. The Morgan fingerprint density at radius 1 is 0.487 bits per heavy atom. The summed E-state index contributed by atoms with van der Waals surface area (Å²) in [7, 11) is 1.33. The molecule has 0 bridgehead atoms. The fourth-order valence-corrected chi connectivity index (χ4v) is 9.12. The molecule has 402 valence electrons. The highest BCUT2D eigenvalue weighted by Crippen LogP contribution is 2.39. The molecule has 12 unspecified atom stereocenters. The summed E-state index contributed by atoms with van der Waals surface area (Å²) in [6.45, 7) is 5.07. The van der Waals surface area contributed by atoms with E-state index in [1.165, 1.54) is 31.4 Å². The van der Waals surface area contributed by atoms with Gasteiger partial charge in [0, 0.05) is 27.8 Å². The second-order valence-corrected chi connectivity index (χ2v) is 18.2. The maximum atomic E-state index is 14.1. The van der Waals surface area contributed by atoms with Crippen molar-refractivity contribution in [1.29, 1.82) is 0 Å². The summed E-state index contributed by atoms with van der Waals surface area (Å²) in [5.74, 6) is -2.01. The van der Waals surface area contributed by atoms with Crippen molar-refractivity contribution in [2.75, 3.05) is 13.7 Å². The van der Waals surface area contributed by atoms with Crippen molar-refractivity contribution < 1.29 is 66.5 Å². The first-order valence-corrected chi connectivity index (χ1v) is 24.9. The monoisotopic (exact) mass is 1050 g/mol. The lowest BCUT2D eigenvalue weighted by Gasteiger charge is -2.50. The van der Waals surface area contributed by atoms with Crippen molar-refractivity contribution in [3.63, 3.8) is 0 Å². The number of ether oxygens (including phenoxy) is 11. The van der Waals surface area contributed by atoms with Crippen LogP contribution in [0.15, 0.2) is 137 Å². The van der Waals surface area contributed by atoms with Gasteiger partial charge in [-0.2, -0.15) is 0 Å². The molecule has 76 heavy (non-hydrogen) atoms. The van der Waals surface area contributed by atoms with Crippen LogP contribution >= 0.6 is 0 Å². The zero-order chi connectivity index (χ0) is 53.8. The van der Waals surface area contributed by atoms with E-state index in [1.807, 2.05) is 60.7 Å². The highest BCUT2D eigenvalue weighted by Gasteiger charge is 2.56. The Morgan fingerprint density at radius 3 is 1.41 bits per heavy atom. The molecule has 0 aliphatic carbocycles. The van der Waals surface area contributed by atoms with Gasteiger partial charge in [-0.05, 0) is 85.6 Å². The van der Waals surface area contributed by atoms with Crippen molar-refractivity contribution >= 4 is 17.9 Å². The van der Waals surface area contributed by atoms with E-state index in [0.29, 0.717) is 19.3 Å². The number of rotatable bonds is 24. The van der Waals surface area contributed by atoms with Gasteiger partial charge in [0.15, 0.2) is 31.1 Å². The van der Waals surface area contributed by atoms with Gasteiger partial charge in [0.25, 0.3) is 0 Å². The van der Waals surface area contributed by atoms with Crippen LogP contribution in [0.2, 0.25) is 0 Å². The van der Waals surface area contributed by atoms with Crippen LogP contribution in [0.1, 0.15) is 78.3 Å². The van der Waals surface area contributed by atoms with Gasteiger partial charge in [0.05, 0.1) is 61.8 Å². The van der Waals surface area contributed by atoms with E-state index in [1.54, 1.807) is 57.2 Å². The largest absolute Gasteiger partial charge is 0.469 e. The number of esters is 3. The summed E-state index contributed by atoms with van der Waals surface area (Å²) in [6.07, 6.45) is -13.3. The van der Waals surface area contributed by atoms with E-state index < -0.39 is 104 Å². The van der Waals surface area contributed by atoms with Crippen LogP contribution < -0.4 is 0 Å². The van der Waals surface area contributed by atoms with E-state index in [0.717, 1.165) is 11.1 Å². The average molecular weight is 1050 g/mol. The third-order valence-corrected chi connectivity index (χ3v) is 13.0. The molecule has 0 radical (unpaired) electrons. The smallest absolute Gasteiger partial charge is 0.338 e. The minimum Gasteiger partial charge on any atom is -0.469 e. The van der Waals surface area contributed by atoms with Crippen molar-refractivity contribution in [2.45, 2.75) is 152 Å². The Hall–Kier alpha value is -7.10. The molecular weight excluding hydrogens is 987 g/mol. The highest BCUT2D eigenvalue weighted by atomic mass is 16.8. The number of hydrogen-bond acceptors (Lipinski definition) is 17. The molecule has 3 aliphatic heterocycles. The Balaban J connectivity index is 1.29.